The normalized spacial score (nSPS) is 10.8. The molecule has 5 heteroatoms. The lowest BCUT2D eigenvalue weighted by atomic mass is 10.1. The van der Waals surface area contributed by atoms with Gasteiger partial charge in [0, 0.05) is 33.8 Å². The Hall–Kier alpha value is -3.05. The molecular weight excluding hydrogens is 330 g/mol. The van der Waals surface area contributed by atoms with Crippen LogP contribution >= 0.6 is 11.3 Å². The van der Waals surface area contributed by atoms with Crippen molar-refractivity contribution in [3.05, 3.63) is 76.7 Å². The Labute approximate surface area is 149 Å². The fraction of sp³-hybridized carbons (Fsp3) is 0.0500. The number of carbonyl (C=O) groups is 1. The van der Waals surface area contributed by atoms with Crippen molar-refractivity contribution in [2.45, 2.75) is 6.92 Å². The maximum Gasteiger partial charge on any atom is 0.255 e. The number of fused-ring (bicyclic) bond motifs is 1. The van der Waals surface area contributed by atoms with E-state index in [9.17, 15) is 4.79 Å². The first-order chi connectivity index (χ1) is 12.2. The minimum absolute atomic E-state index is 0.142. The number of anilines is 1. The fourth-order valence-corrected chi connectivity index (χ4v) is 3.26. The highest BCUT2D eigenvalue weighted by Gasteiger charge is 2.08. The Morgan fingerprint density at radius 3 is 2.68 bits per heavy atom. The molecule has 122 valence electrons. The van der Waals surface area contributed by atoms with Crippen LogP contribution in [0.2, 0.25) is 0 Å². The number of nitrogens with zero attached hydrogens (tertiary/aromatic N) is 2. The largest absolute Gasteiger partial charge is 0.322 e. The van der Waals surface area contributed by atoms with E-state index in [0.29, 0.717) is 5.56 Å². The van der Waals surface area contributed by atoms with E-state index in [0.717, 1.165) is 32.9 Å². The van der Waals surface area contributed by atoms with E-state index in [1.165, 1.54) is 0 Å². The molecule has 25 heavy (non-hydrogen) atoms. The predicted molar refractivity (Wildman–Crippen MR) is 102 cm³/mol. The van der Waals surface area contributed by atoms with Crippen molar-refractivity contribution in [3.63, 3.8) is 0 Å². The van der Waals surface area contributed by atoms with Crippen LogP contribution in [0.25, 0.3) is 22.2 Å². The summed E-state index contributed by atoms with van der Waals surface area (Å²) in [5.41, 5.74) is 4.15. The second-order valence-electron chi connectivity index (χ2n) is 5.69. The van der Waals surface area contributed by atoms with Crippen molar-refractivity contribution in [1.82, 2.24) is 9.97 Å². The Morgan fingerprint density at radius 2 is 1.92 bits per heavy atom. The van der Waals surface area contributed by atoms with E-state index in [-0.39, 0.29) is 5.91 Å². The van der Waals surface area contributed by atoms with Crippen LogP contribution in [0.3, 0.4) is 0 Å². The van der Waals surface area contributed by atoms with Gasteiger partial charge in [-0.3, -0.25) is 9.78 Å². The monoisotopic (exact) mass is 345 g/mol. The van der Waals surface area contributed by atoms with Gasteiger partial charge < -0.3 is 5.32 Å². The molecule has 2 aromatic heterocycles. The number of carbonyl (C=O) groups excluding carboxylic acids is 1. The third kappa shape index (κ3) is 3.27. The zero-order chi connectivity index (χ0) is 17.2. The molecule has 1 amide bonds. The predicted octanol–water partition coefficient (Wildman–Crippen LogP) is 4.92. The molecule has 0 saturated heterocycles. The molecule has 4 rings (SSSR count). The van der Waals surface area contributed by atoms with Crippen LogP contribution in [0, 0.1) is 6.92 Å². The van der Waals surface area contributed by atoms with Crippen LogP contribution in [-0.2, 0) is 0 Å². The van der Waals surface area contributed by atoms with Crippen LogP contribution in [0.5, 0.6) is 0 Å². The van der Waals surface area contributed by atoms with Gasteiger partial charge in [-0.15, -0.1) is 11.3 Å². The highest BCUT2D eigenvalue weighted by atomic mass is 32.1. The summed E-state index contributed by atoms with van der Waals surface area (Å²) in [5.74, 6) is -0.142. The average Bonchev–Trinajstić information content (AvgIpc) is 3.08. The van der Waals surface area contributed by atoms with Gasteiger partial charge in [0.1, 0.15) is 0 Å². The minimum atomic E-state index is -0.142. The SMILES string of the molecule is Cc1nc(-c2ccc(C(=O)Nc3ccc4cccnc4c3)cc2)cs1. The summed E-state index contributed by atoms with van der Waals surface area (Å²) in [6.07, 6.45) is 1.74. The summed E-state index contributed by atoms with van der Waals surface area (Å²) in [6, 6.07) is 17.1. The first-order valence-electron chi connectivity index (χ1n) is 7.88. The van der Waals surface area contributed by atoms with Crippen LogP contribution < -0.4 is 5.32 Å². The lowest BCUT2D eigenvalue weighted by Crippen LogP contribution is -2.11. The first-order valence-corrected chi connectivity index (χ1v) is 8.76. The van der Waals surface area contributed by atoms with E-state index < -0.39 is 0 Å². The number of aromatic nitrogens is 2. The van der Waals surface area contributed by atoms with Gasteiger partial charge in [-0.2, -0.15) is 0 Å². The number of hydrogen-bond acceptors (Lipinski definition) is 4. The van der Waals surface area contributed by atoms with E-state index in [4.69, 9.17) is 0 Å². The molecule has 1 N–H and O–H groups in total. The standard InChI is InChI=1S/C20H15N3OS/c1-13-22-19(12-25-13)15-4-6-16(7-5-15)20(24)23-17-9-8-14-3-2-10-21-18(14)11-17/h2-12H,1H3,(H,23,24). The summed E-state index contributed by atoms with van der Waals surface area (Å²) in [7, 11) is 0. The summed E-state index contributed by atoms with van der Waals surface area (Å²) in [6.45, 7) is 1.98. The number of hydrogen-bond donors (Lipinski definition) is 1. The van der Waals surface area contributed by atoms with Gasteiger partial charge in [0.05, 0.1) is 16.2 Å². The van der Waals surface area contributed by atoms with Gasteiger partial charge in [-0.05, 0) is 37.3 Å². The number of benzene rings is 2. The molecular formula is C20H15N3OS. The lowest BCUT2D eigenvalue weighted by Gasteiger charge is -2.07. The maximum atomic E-state index is 12.5. The number of thiazole rings is 1. The van der Waals surface area contributed by atoms with Crippen molar-refractivity contribution in [1.29, 1.82) is 0 Å². The smallest absolute Gasteiger partial charge is 0.255 e. The van der Waals surface area contributed by atoms with Crippen LogP contribution in [0.1, 0.15) is 15.4 Å². The molecule has 4 aromatic rings. The molecule has 0 spiro atoms. The van der Waals surface area contributed by atoms with Crippen LogP contribution in [0.15, 0.2) is 66.2 Å². The molecule has 0 bridgehead atoms. The summed E-state index contributed by atoms with van der Waals surface area (Å²) < 4.78 is 0. The molecule has 0 fully saturated rings. The van der Waals surface area contributed by atoms with E-state index in [1.807, 2.05) is 66.9 Å². The Morgan fingerprint density at radius 1 is 1.08 bits per heavy atom. The molecule has 0 atom stereocenters. The number of pyridine rings is 1. The summed E-state index contributed by atoms with van der Waals surface area (Å²) in [5, 5.41) is 7.02. The Kier molecular flexibility index (Phi) is 3.99. The summed E-state index contributed by atoms with van der Waals surface area (Å²) >= 11 is 1.62. The van der Waals surface area contributed by atoms with Crippen molar-refractivity contribution >= 4 is 33.8 Å². The topological polar surface area (TPSA) is 54.9 Å². The van der Waals surface area contributed by atoms with Gasteiger partial charge in [0.2, 0.25) is 0 Å². The van der Waals surface area contributed by atoms with Gasteiger partial charge in [-0.25, -0.2) is 4.98 Å². The molecule has 0 unspecified atom stereocenters. The molecule has 0 aliphatic carbocycles. The molecule has 0 saturated carbocycles. The van der Waals surface area contributed by atoms with Crippen LogP contribution in [0.4, 0.5) is 5.69 Å². The Bertz CT molecular complexity index is 1050. The zero-order valence-corrected chi connectivity index (χ0v) is 14.4. The molecule has 2 heterocycles. The second kappa shape index (κ2) is 6.45. The number of amides is 1. The average molecular weight is 345 g/mol. The molecule has 0 aliphatic heterocycles. The van der Waals surface area contributed by atoms with Crippen molar-refractivity contribution in [2.75, 3.05) is 5.32 Å². The van der Waals surface area contributed by atoms with E-state index in [2.05, 4.69) is 15.3 Å². The van der Waals surface area contributed by atoms with Crippen molar-refractivity contribution < 1.29 is 4.79 Å². The molecule has 0 aliphatic rings. The third-order valence-corrected chi connectivity index (χ3v) is 4.70. The highest BCUT2D eigenvalue weighted by Crippen LogP contribution is 2.22. The lowest BCUT2D eigenvalue weighted by molar-refractivity contribution is 0.102. The van der Waals surface area contributed by atoms with Gasteiger partial charge in [0.15, 0.2) is 0 Å². The molecule has 0 radical (unpaired) electrons. The Balaban J connectivity index is 1.53. The highest BCUT2D eigenvalue weighted by molar-refractivity contribution is 7.09. The second-order valence-corrected chi connectivity index (χ2v) is 6.76. The first kappa shape index (κ1) is 15.5. The molecule has 2 aromatic carbocycles. The number of aryl methyl sites for hydroxylation is 1. The van der Waals surface area contributed by atoms with Crippen molar-refractivity contribution in [3.8, 4) is 11.3 Å². The quantitative estimate of drug-likeness (QED) is 0.573. The van der Waals surface area contributed by atoms with E-state index >= 15 is 0 Å². The van der Waals surface area contributed by atoms with Crippen LogP contribution in [-0.4, -0.2) is 15.9 Å². The minimum Gasteiger partial charge on any atom is -0.322 e. The van der Waals surface area contributed by atoms with E-state index in [1.54, 1.807) is 17.5 Å². The zero-order valence-electron chi connectivity index (χ0n) is 13.6. The van der Waals surface area contributed by atoms with Gasteiger partial charge >= 0.3 is 0 Å². The number of rotatable bonds is 3. The maximum absolute atomic E-state index is 12.5. The van der Waals surface area contributed by atoms with Crippen molar-refractivity contribution in [2.24, 2.45) is 0 Å². The molecule has 4 nitrogen and oxygen atoms in total. The third-order valence-electron chi connectivity index (χ3n) is 3.93. The van der Waals surface area contributed by atoms with Gasteiger partial charge in [0.25, 0.3) is 5.91 Å². The number of nitrogens with one attached hydrogen (secondary N) is 1. The summed E-state index contributed by atoms with van der Waals surface area (Å²) in [4.78, 5) is 21.2. The fourth-order valence-electron chi connectivity index (χ4n) is 2.64. The van der Waals surface area contributed by atoms with Gasteiger partial charge in [-0.1, -0.05) is 24.3 Å².